The molecule has 1 fully saturated rings. The van der Waals surface area contributed by atoms with Crippen LogP contribution in [0.15, 0.2) is 36.7 Å². The van der Waals surface area contributed by atoms with Gasteiger partial charge in [0.1, 0.15) is 18.5 Å². The fourth-order valence-corrected chi connectivity index (χ4v) is 3.74. The molecule has 28 heavy (non-hydrogen) atoms. The van der Waals surface area contributed by atoms with Crippen molar-refractivity contribution >= 4 is 22.9 Å². The molecule has 4 heterocycles. The lowest BCUT2D eigenvalue weighted by molar-refractivity contribution is -0.0986. The Morgan fingerprint density at radius 1 is 1.18 bits per heavy atom. The maximum Gasteiger partial charge on any atom is 0.234 e. The second-order valence-corrected chi connectivity index (χ2v) is 6.86. The largest absolute Gasteiger partial charge is 0.394 e. The first kappa shape index (κ1) is 17.3. The summed E-state index contributed by atoms with van der Waals surface area (Å²) in [6.45, 7) is 0.182. The van der Waals surface area contributed by atoms with Gasteiger partial charge in [0, 0.05) is 0 Å². The van der Waals surface area contributed by atoms with Gasteiger partial charge in [0.2, 0.25) is 5.95 Å². The van der Waals surface area contributed by atoms with Crippen molar-refractivity contribution in [3.8, 4) is 0 Å². The number of nitrogens with zero attached hydrogens (tertiary/aromatic N) is 5. The molecule has 0 spiro atoms. The number of fused-ring (bicyclic) bond motifs is 5. The molecule has 0 unspecified atom stereocenters. The maximum absolute atomic E-state index is 10.5. The number of rotatable bonds is 4. The summed E-state index contributed by atoms with van der Waals surface area (Å²) in [7, 11) is 0. The molecule has 1 aromatic carbocycles. The summed E-state index contributed by atoms with van der Waals surface area (Å²) >= 11 is 0. The van der Waals surface area contributed by atoms with E-state index in [1.54, 1.807) is 9.63 Å². The summed E-state index contributed by atoms with van der Waals surface area (Å²) in [5.74, 6) is 0.730. The first-order valence-electron chi connectivity index (χ1n) is 9.08. The number of hydroxylamine groups is 1. The standard InChI is InChI=1S/C18H20N6O4/c19-15-12-16(21-9-20-15)24-17-14(13(26)11(8-25)27-17)28-23(18(24)22-12)7-6-10-4-2-1-3-5-10/h1-5,9,11,13-14,17,25-26H,6-8H2,(H2,19,20,21)/t11-,13-,14-,17-/m1/s1. The first-order valence-corrected chi connectivity index (χ1v) is 9.08. The van der Waals surface area contributed by atoms with Crippen molar-refractivity contribution in [2.45, 2.75) is 31.0 Å². The lowest BCUT2D eigenvalue weighted by Crippen LogP contribution is -2.46. The average molecular weight is 384 g/mol. The molecule has 0 amide bonds. The molecule has 0 saturated carbocycles. The first-order chi connectivity index (χ1) is 13.7. The Hall–Kier alpha value is -2.79. The van der Waals surface area contributed by atoms with Gasteiger partial charge in [-0.05, 0) is 12.0 Å². The van der Waals surface area contributed by atoms with Crippen molar-refractivity contribution in [1.82, 2.24) is 19.5 Å². The number of hydrogen-bond acceptors (Lipinski definition) is 9. The van der Waals surface area contributed by atoms with Gasteiger partial charge in [-0.2, -0.15) is 0 Å². The second kappa shape index (κ2) is 6.67. The smallest absolute Gasteiger partial charge is 0.234 e. The van der Waals surface area contributed by atoms with E-state index in [1.165, 1.54) is 6.33 Å². The van der Waals surface area contributed by atoms with Crippen LogP contribution in [0.2, 0.25) is 0 Å². The zero-order chi connectivity index (χ0) is 19.3. The SMILES string of the molecule is Nc1ncnc2c1nc1n2[C@@H]2O[C@H](CO)[C@@H](O)[C@H]2ON1CCc1ccccc1. The number of aromatic nitrogens is 4. The van der Waals surface area contributed by atoms with E-state index in [2.05, 4.69) is 15.0 Å². The van der Waals surface area contributed by atoms with Gasteiger partial charge in [0.15, 0.2) is 29.3 Å². The van der Waals surface area contributed by atoms with E-state index in [4.69, 9.17) is 15.3 Å². The fraction of sp³-hybridized carbons (Fsp3) is 0.389. The van der Waals surface area contributed by atoms with E-state index in [9.17, 15) is 10.2 Å². The van der Waals surface area contributed by atoms with Crippen LogP contribution in [0.3, 0.4) is 0 Å². The van der Waals surface area contributed by atoms with Crippen molar-refractivity contribution in [3.05, 3.63) is 42.2 Å². The summed E-state index contributed by atoms with van der Waals surface area (Å²) in [5.41, 5.74) is 8.06. The molecule has 146 valence electrons. The van der Waals surface area contributed by atoms with Gasteiger partial charge in [-0.15, -0.1) is 0 Å². The molecule has 2 aliphatic heterocycles. The minimum atomic E-state index is -0.987. The molecular formula is C18H20N6O4. The third-order valence-electron chi connectivity index (χ3n) is 5.15. The van der Waals surface area contributed by atoms with E-state index in [1.807, 2.05) is 30.3 Å². The summed E-state index contributed by atoms with van der Waals surface area (Å²) in [4.78, 5) is 18.9. The number of aliphatic hydroxyl groups excluding tert-OH is 2. The Kier molecular flexibility index (Phi) is 4.13. The van der Waals surface area contributed by atoms with Crippen LogP contribution in [0.4, 0.5) is 11.8 Å². The molecule has 0 bridgehead atoms. The minimum absolute atomic E-state index is 0.253. The zero-order valence-corrected chi connectivity index (χ0v) is 14.9. The van der Waals surface area contributed by atoms with E-state index in [-0.39, 0.29) is 12.4 Å². The Labute approximate surface area is 160 Å². The summed E-state index contributed by atoms with van der Waals surface area (Å²) < 4.78 is 7.60. The monoisotopic (exact) mass is 384 g/mol. The van der Waals surface area contributed by atoms with E-state index < -0.39 is 24.5 Å². The van der Waals surface area contributed by atoms with Crippen molar-refractivity contribution < 1.29 is 19.8 Å². The Balaban J connectivity index is 1.56. The molecule has 0 aliphatic carbocycles. The minimum Gasteiger partial charge on any atom is -0.394 e. The zero-order valence-electron chi connectivity index (χ0n) is 14.9. The highest BCUT2D eigenvalue weighted by molar-refractivity contribution is 5.84. The third kappa shape index (κ3) is 2.61. The molecule has 1 saturated heterocycles. The van der Waals surface area contributed by atoms with Crippen LogP contribution in [0.1, 0.15) is 11.8 Å². The molecule has 5 rings (SSSR count). The predicted molar refractivity (Wildman–Crippen MR) is 99.1 cm³/mol. The van der Waals surface area contributed by atoms with Gasteiger partial charge < -0.3 is 20.7 Å². The molecule has 10 heteroatoms. The van der Waals surface area contributed by atoms with Crippen LogP contribution in [-0.4, -0.2) is 61.2 Å². The van der Waals surface area contributed by atoms with Crippen LogP contribution < -0.4 is 10.8 Å². The number of ether oxygens (including phenoxy) is 1. The lowest BCUT2D eigenvalue weighted by atomic mass is 10.1. The number of imidazole rings is 1. The number of benzene rings is 1. The molecule has 4 atom stereocenters. The summed E-state index contributed by atoms with van der Waals surface area (Å²) in [5, 5.41) is 21.7. The average Bonchev–Trinajstić information content (AvgIpc) is 3.26. The fourth-order valence-electron chi connectivity index (χ4n) is 3.74. The van der Waals surface area contributed by atoms with Crippen LogP contribution in [-0.2, 0) is 16.0 Å². The lowest BCUT2D eigenvalue weighted by Gasteiger charge is -2.35. The van der Waals surface area contributed by atoms with E-state index >= 15 is 0 Å². The Morgan fingerprint density at radius 3 is 2.79 bits per heavy atom. The number of nitrogen functional groups attached to an aromatic ring is 1. The topological polar surface area (TPSA) is 132 Å². The van der Waals surface area contributed by atoms with Crippen molar-refractivity contribution in [3.63, 3.8) is 0 Å². The van der Waals surface area contributed by atoms with Crippen LogP contribution in [0.5, 0.6) is 0 Å². The van der Waals surface area contributed by atoms with Crippen molar-refractivity contribution in [1.29, 1.82) is 0 Å². The van der Waals surface area contributed by atoms with Crippen molar-refractivity contribution in [2.75, 3.05) is 23.9 Å². The van der Waals surface area contributed by atoms with Crippen LogP contribution >= 0.6 is 0 Å². The van der Waals surface area contributed by atoms with E-state index in [0.29, 0.717) is 30.1 Å². The molecule has 3 aromatic rings. The van der Waals surface area contributed by atoms with Crippen molar-refractivity contribution in [2.24, 2.45) is 0 Å². The number of anilines is 2. The molecule has 10 nitrogen and oxygen atoms in total. The van der Waals surface area contributed by atoms with Crippen LogP contribution in [0, 0.1) is 0 Å². The van der Waals surface area contributed by atoms with Gasteiger partial charge in [0.05, 0.1) is 13.2 Å². The van der Waals surface area contributed by atoms with Gasteiger partial charge in [0.25, 0.3) is 0 Å². The normalized spacial score (nSPS) is 26.4. The predicted octanol–water partition coefficient (Wildman–Crippen LogP) is 0.0220. The molecule has 0 radical (unpaired) electrons. The van der Waals surface area contributed by atoms with Gasteiger partial charge in [-0.25, -0.2) is 20.0 Å². The molecular weight excluding hydrogens is 364 g/mol. The number of nitrogens with two attached hydrogens (primary N) is 1. The molecule has 2 aromatic heterocycles. The molecule has 2 aliphatic rings. The highest BCUT2D eigenvalue weighted by atomic mass is 16.7. The second-order valence-electron chi connectivity index (χ2n) is 6.86. The highest BCUT2D eigenvalue weighted by Gasteiger charge is 2.51. The quantitative estimate of drug-likeness (QED) is 0.569. The highest BCUT2D eigenvalue weighted by Crippen LogP contribution is 2.41. The number of aliphatic hydroxyl groups is 2. The van der Waals surface area contributed by atoms with Gasteiger partial charge in [-0.1, -0.05) is 30.3 Å². The van der Waals surface area contributed by atoms with Crippen LogP contribution in [0.25, 0.3) is 11.2 Å². The van der Waals surface area contributed by atoms with E-state index in [0.717, 1.165) is 5.56 Å². The number of hydrogen-bond donors (Lipinski definition) is 3. The van der Waals surface area contributed by atoms with Gasteiger partial charge in [-0.3, -0.25) is 9.40 Å². The summed E-state index contributed by atoms with van der Waals surface area (Å²) in [6.07, 6.45) is -1.04. The van der Waals surface area contributed by atoms with Gasteiger partial charge >= 0.3 is 0 Å². The Bertz CT molecular complexity index is 996. The maximum atomic E-state index is 10.5. The molecule has 4 N–H and O–H groups in total. The Morgan fingerprint density at radius 2 is 2.00 bits per heavy atom. The third-order valence-corrected chi connectivity index (χ3v) is 5.15. The summed E-state index contributed by atoms with van der Waals surface area (Å²) in [6, 6.07) is 10.00.